The van der Waals surface area contributed by atoms with Crippen molar-refractivity contribution in [3.05, 3.63) is 59.7 Å². The Kier molecular flexibility index (Phi) is 4.60. The van der Waals surface area contributed by atoms with Crippen LogP contribution in [-0.2, 0) is 10.1 Å². The molecule has 0 radical (unpaired) electrons. The standard InChI is InChI=1S/C22H17N3O3S3/c1-11-3-7-17-19(20(11)31(26,27)28)30-22(25-17)14-5-8-16-18(10-14)29-21(24-16)13-4-6-15(23)12(2)9-13/h3-10H,23H2,1-2H3,(H,26,27,28). The first-order valence-electron chi connectivity index (χ1n) is 9.36. The molecule has 0 aliphatic heterocycles. The first-order chi connectivity index (χ1) is 14.7. The Morgan fingerprint density at radius 2 is 1.48 bits per heavy atom. The lowest BCUT2D eigenvalue weighted by Gasteiger charge is -2.02. The van der Waals surface area contributed by atoms with Gasteiger partial charge in [-0.3, -0.25) is 4.55 Å². The van der Waals surface area contributed by atoms with Crippen LogP contribution in [-0.4, -0.2) is 22.9 Å². The average Bonchev–Trinajstić information content (AvgIpc) is 3.32. The van der Waals surface area contributed by atoms with Crippen LogP contribution in [0.2, 0.25) is 0 Å². The molecule has 5 rings (SSSR count). The Morgan fingerprint density at radius 1 is 0.839 bits per heavy atom. The van der Waals surface area contributed by atoms with Gasteiger partial charge in [-0.1, -0.05) is 6.07 Å². The van der Waals surface area contributed by atoms with Crippen molar-refractivity contribution in [2.24, 2.45) is 0 Å². The SMILES string of the molecule is Cc1cc(-c2nc3ccc(-c4nc5ccc(C)c(S(=O)(=O)O)c5s4)cc3s2)ccc1N. The number of aromatic nitrogens is 2. The average molecular weight is 468 g/mol. The molecule has 0 saturated carbocycles. The largest absolute Gasteiger partial charge is 0.399 e. The van der Waals surface area contributed by atoms with E-state index >= 15 is 0 Å². The topological polar surface area (TPSA) is 106 Å². The highest BCUT2D eigenvalue weighted by Crippen LogP contribution is 2.38. The molecule has 31 heavy (non-hydrogen) atoms. The fourth-order valence-corrected chi connectivity index (χ4v) is 6.81. The molecule has 6 nitrogen and oxygen atoms in total. The summed E-state index contributed by atoms with van der Waals surface area (Å²) in [5.74, 6) is 0. The second-order valence-electron chi connectivity index (χ2n) is 7.33. The van der Waals surface area contributed by atoms with E-state index in [2.05, 4.69) is 4.98 Å². The minimum atomic E-state index is -4.34. The van der Waals surface area contributed by atoms with Gasteiger partial charge in [0.1, 0.15) is 14.9 Å². The number of aryl methyl sites for hydroxylation is 2. The molecule has 0 fully saturated rings. The quantitative estimate of drug-likeness (QED) is 0.261. The first kappa shape index (κ1) is 20.1. The second kappa shape index (κ2) is 7.10. The zero-order valence-corrected chi connectivity index (χ0v) is 19.0. The fourth-order valence-electron chi connectivity index (χ4n) is 3.50. The third-order valence-electron chi connectivity index (χ3n) is 5.12. The predicted molar refractivity (Wildman–Crippen MR) is 127 cm³/mol. The van der Waals surface area contributed by atoms with E-state index in [1.54, 1.807) is 30.4 Å². The number of nitrogens with zero attached hydrogens (tertiary/aromatic N) is 2. The van der Waals surface area contributed by atoms with Crippen LogP contribution in [0.1, 0.15) is 11.1 Å². The Hall–Kier alpha value is -2.85. The molecule has 156 valence electrons. The lowest BCUT2D eigenvalue weighted by atomic mass is 10.1. The molecule has 0 spiro atoms. The minimum Gasteiger partial charge on any atom is -0.399 e. The van der Waals surface area contributed by atoms with Gasteiger partial charge in [0.2, 0.25) is 0 Å². The Labute approximate surface area is 186 Å². The lowest BCUT2D eigenvalue weighted by molar-refractivity contribution is 0.484. The highest BCUT2D eigenvalue weighted by Gasteiger charge is 2.21. The number of hydrogen-bond acceptors (Lipinski definition) is 7. The number of nitrogens with two attached hydrogens (primary N) is 1. The lowest BCUT2D eigenvalue weighted by Crippen LogP contribution is -2.00. The van der Waals surface area contributed by atoms with E-state index in [1.165, 1.54) is 11.3 Å². The van der Waals surface area contributed by atoms with Crippen molar-refractivity contribution < 1.29 is 13.0 Å². The van der Waals surface area contributed by atoms with Crippen LogP contribution in [0.4, 0.5) is 5.69 Å². The highest BCUT2D eigenvalue weighted by atomic mass is 32.2. The fraction of sp³-hybridized carbons (Fsp3) is 0.0909. The molecule has 0 atom stereocenters. The van der Waals surface area contributed by atoms with Gasteiger partial charge in [-0.15, -0.1) is 22.7 Å². The molecule has 3 aromatic carbocycles. The van der Waals surface area contributed by atoms with Gasteiger partial charge >= 0.3 is 0 Å². The summed E-state index contributed by atoms with van der Waals surface area (Å²) < 4.78 is 34.9. The molecule has 0 aliphatic carbocycles. The van der Waals surface area contributed by atoms with Crippen molar-refractivity contribution in [3.63, 3.8) is 0 Å². The molecule has 9 heteroatoms. The van der Waals surface area contributed by atoms with Gasteiger partial charge in [-0.05, 0) is 67.4 Å². The summed E-state index contributed by atoms with van der Waals surface area (Å²) in [6.07, 6.45) is 0. The zero-order chi connectivity index (χ0) is 21.9. The number of thiazole rings is 2. The van der Waals surface area contributed by atoms with E-state index in [1.807, 2.05) is 43.3 Å². The number of benzene rings is 3. The van der Waals surface area contributed by atoms with Gasteiger partial charge < -0.3 is 5.73 Å². The highest BCUT2D eigenvalue weighted by molar-refractivity contribution is 7.86. The van der Waals surface area contributed by atoms with E-state index in [9.17, 15) is 13.0 Å². The number of fused-ring (bicyclic) bond motifs is 2. The summed E-state index contributed by atoms with van der Waals surface area (Å²) >= 11 is 2.83. The molecule has 5 aromatic rings. The molecule has 0 unspecified atom stereocenters. The van der Waals surface area contributed by atoms with E-state index in [4.69, 9.17) is 10.7 Å². The van der Waals surface area contributed by atoms with Crippen LogP contribution in [0.25, 0.3) is 41.6 Å². The van der Waals surface area contributed by atoms with E-state index < -0.39 is 10.1 Å². The van der Waals surface area contributed by atoms with Crippen LogP contribution >= 0.6 is 22.7 Å². The maximum Gasteiger partial charge on any atom is 0.296 e. The van der Waals surface area contributed by atoms with Crippen molar-refractivity contribution >= 4 is 58.9 Å². The van der Waals surface area contributed by atoms with Gasteiger partial charge in [0.15, 0.2) is 0 Å². The molecule has 0 saturated heterocycles. The van der Waals surface area contributed by atoms with E-state index in [-0.39, 0.29) is 4.90 Å². The smallest absolute Gasteiger partial charge is 0.296 e. The molecule has 3 N–H and O–H groups in total. The van der Waals surface area contributed by atoms with Crippen LogP contribution in [0.3, 0.4) is 0 Å². The zero-order valence-electron chi connectivity index (χ0n) is 16.6. The molecule has 2 heterocycles. The number of anilines is 1. The maximum absolute atomic E-state index is 11.9. The molecule has 2 aromatic heterocycles. The van der Waals surface area contributed by atoms with Crippen molar-refractivity contribution in [2.75, 3.05) is 5.73 Å². The van der Waals surface area contributed by atoms with Crippen LogP contribution < -0.4 is 5.73 Å². The van der Waals surface area contributed by atoms with E-state index in [0.29, 0.717) is 20.8 Å². The Morgan fingerprint density at radius 3 is 2.23 bits per heavy atom. The van der Waals surface area contributed by atoms with Gasteiger partial charge in [0.05, 0.1) is 20.4 Å². The Balaban J connectivity index is 1.62. The van der Waals surface area contributed by atoms with Crippen LogP contribution in [0.5, 0.6) is 0 Å². The first-order valence-corrected chi connectivity index (χ1v) is 12.4. The van der Waals surface area contributed by atoms with Gasteiger partial charge in [0.25, 0.3) is 10.1 Å². The van der Waals surface area contributed by atoms with Crippen molar-refractivity contribution in [1.29, 1.82) is 0 Å². The molecular weight excluding hydrogens is 450 g/mol. The summed E-state index contributed by atoms with van der Waals surface area (Å²) in [5, 5.41) is 1.59. The number of nitrogen functional groups attached to an aromatic ring is 1. The van der Waals surface area contributed by atoms with Crippen molar-refractivity contribution in [2.45, 2.75) is 18.7 Å². The summed E-state index contributed by atoms with van der Waals surface area (Å²) in [6.45, 7) is 3.63. The maximum atomic E-state index is 11.9. The summed E-state index contributed by atoms with van der Waals surface area (Å²) in [6, 6.07) is 15.2. The number of rotatable bonds is 3. The molecule has 0 amide bonds. The van der Waals surface area contributed by atoms with Crippen molar-refractivity contribution in [1.82, 2.24) is 9.97 Å². The third kappa shape index (κ3) is 3.49. The normalized spacial score (nSPS) is 12.1. The van der Waals surface area contributed by atoms with Gasteiger partial charge in [-0.2, -0.15) is 8.42 Å². The van der Waals surface area contributed by atoms with E-state index in [0.717, 1.165) is 37.6 Å². The minimum absolute atomic E-state index is 0.0753. The molecule has 0 bridgehead atoms. The third-order valence-corrected chi connectivity index (χ3v) is 8.50. The monoisotopic (exact) mass is 467 g/mol. The molecule has 0 aliphatic rings. The summed E-state index contributed by atoms with van der Waals surface area (Å²) in [5.41, 5.74) is 11.5. The Bertz CT molecular complexity index is 1600. The van der Waals surface area contributed by atoms with Crippen LogP contribution in [0.15, 0.2) is 53.4 Å². The van der Waals surface area contributed by atoms with Crippen LogP contribution in [0, 0.1) is 13.8 Å². The predicted octanol–water partition coefficient (Wildman–Crippen LogP) is 5.69. The van der Waals surface area contributed by atoms with Crippen molar-refractivity contribution in [3.8, 4) is 21.1 Å². The molecular formula is C22H17N3O3S3. The second-order valence-corrected chi connectivity index (χ2v) is 10.7. The number of hydrogen-bond donors (Lipinski definition) is 2. The summed E-state index contributed by atoms with van der Waals surface area (Å²) in [7, 11) is -4.34. The van der Waals surface area contributed by atoms with Gasteiger partial charge in [0, 0.05) is 16.8 Å². The summed E-state index contributed by atoms with van der Waals surface area (Å²) in [4.78, 5) is 9.27. The van der Waals surface area contributed by atoms with Gasteiger partial charge in [-0.25, -0.2) is 9.97 Å².